The highest BCUT2D eigenvalue weighted by Crippen LogP contribution is 2.35. The van der Waals surface area contributed by atoms with Gasteiger partial charge in [-0.05, 0) is 6.07 Å². The zero-order valence-electron chi connectivity index (χ0n) is 11.9. The number of nitrogens with two attached hydrogens (primary N) is 1. The molecule has 6 nitrogen and oxygen atoms in total. The molecule has 0 saturated heterocycles. The number of aliphatic hydroxyl groups excluding tert-OH is 2. The van der Waals surface area contributed by atoms with E-state index >= 15 is 0 Å². The summed E-state index contributed by atoms with van der Waals surface area (Å²) in [5.41, 5.74) is 7.08. The van der Waals surface area contributed by atoms with Crippen LogP contribution in [-0.2, 0) is 4.74 Å². The van der Waals surface area contributed by atoms with Gasteiger partial charge in [0.1, 0.15) is 23.7 Å². The Bertz CT molecular complexity index is 445. The molecule has 1 heterocycles. The van der Waals surface area contributed by atoms with Crippen LogP contribution < -0.4 is 15.2 Å². The van der Waals surface area contributed by atoms with E-state index < -0.39 is 6.10 Å². The van der Waals surface area contributed by atoms with Crippen molar-refractivity contribution < 1.29 is 24.4 Å². The van der Waals surface area contributed by atoms with Crippen molar-refractivity contribution in [3.05, 3.63) is 23.8 Å². The zero-order chi connectivity index (χ0) is 14.5. The first kappa shape index (κ1) is 18.0. The SMILES string of the molecule is COc1ccc2c(c1)O[C@@H](COCC(O)CO)C[C@H]2N.Cl. The molecular weight excluding hydrogens is 298 g/mol. The van der Waals surface area contributed by atoms with Gasteiger partial charge in [-0.3, -0.25) is 0 Å². The molecule has 0 spiro atoms. The second-order valence-electron chi connectivity index (χ2n) is 4.86. The fourth-order valence-electron chi connectivity index (χ4n) is 2.18. The van der Waals surface area contributed by atoms with E-state index in [0.29, 0.717) is 24.5 Å². The van der Waals surface area contributed by atoms with Crippen molar-refractivity contribution in [1.29, 1.82) is 0 Å². The summed E-state index contributed by atoms with van der Waals surface area (Å²) >= 11 is 0. The van der Waals surface area contributed by atoms with Crippen LogP contribution in [0.2, 0.25) is 0 Å². The number of benzene rings is 1. The number of methoxy groups -OCH3 is 1. The van der Waals surface area contributed by atoms with Crippen LogP contribution in [0.4, 0.5) is 0 Å². The average molecular weight is 320 g/mol. The normalized spacial score (nSPS) is 21.7. The predicted octanol–water partition coefficient (Wildman–Crippen LogP) is 0.638. The lowest BCUT2D eigenvalue weighted by atomic mass is 9.97. The number of rotatable bonds is 6. The van der Waals surface area contributed by atoms with Crippen molar-refractivity contribution in [3.63, 3.8) is 0 Å². The van der Waals surface area contributed by atoms with Gasteiger partial charge in [-0.2, -0.15) is 0 Å². The Morgan fingerprint density at radius 3 is 2.90 bits per heavy atom. The Balaban J connectivity index is 0.00000220. The first-order valence-corrected chi connectivity index (χ1v) is 6.61. The molecule has 3 atom stereocenters. The van der Waals surface area contributed by atoms with Crippen molar-refractivity contribution in [3.8, 4) is 11.5 Å². The van der Waals surface area contributed by atoms with Gasteiger partial charge in [0.25, 0.3) is 0 Å². The van der Waals surface area contributed by atoms with Crippen LogP contribution in [0.1, 0.15) is 18.0 Å². The van der Waals surface area contributed by atoms with Crippen molar-refractivity contribution >= 4 is 12.4 Å². The molecule has 1 aromatic carbocycles. The van der Waals surface area contributed by atoms with E-state index in [4.69, 9.17) is 25.1 Å². The number of halogens is 1. The minimum Gasteiger partial charge on any atom is -0.497 e. The fraction of sp³-hybridized carbons (Fsp3) is 0.571. The summed E-state index contributed by atoms with van der Waals surface area (Å²) in [6.45, 7) is 0.0864. The second-order valence-corrected chi connectivity index (χ2v) is 4.86. The van der Waals surface area contributed by atoms with Crippen molar-refractivity contribution in [1.82, 2.24) is 0 Å². The molecule has 1 aliphatic rings. The van der Waals surface area contributed by atoms with Crippen molar-refractivity contribution in [2.75, 3.05) is 26.9 Å². The number of fused-ring (bicyclic) bond motifs is 1. The van der Waals surface area contributed by atoms with Gasteiger partial charge in [-0.1, -0.05) is 6.07 Å². The molecule has 0 aromatic heterocycles. The first-order chi connectivity index (χ1) is 9.63. The first-order valence-electron chi connectivity index (χ1n) is 6.61. The van der Waals surface area contributed by atoms with Crippen LogP contribution in [0.25, 0.3) is 0 Å². The lowest BCUT2D eigenvalue weighted by molar-refractivity contribution is -0.0241. The molecule has 0 amide bonds. The molecular formula is C14H22ClNO5. The minimum absolute atomic E-state index is 0. The minimum atomic E-state index is -0.861. The topological polar surface area (TPSA) is 94.2 Å². The molecule has 0 fully saturated rings. The molecule has 0 bridgehead atoms. The number of hydrogen-bond donors (Lipinski definition) is 3. The number of hydrogen-bond acceptors (Lipinski definition) is 6. The van der Waals surface area contributed by atoms with Gasteiger partial charge in [0, 0.05) is 24.1 Å². The van der Waals surface area contributed by atoms with Crippen LogP contribution in [0.3, 0.4) is 0 Å². The predicted molar refractivity (Wildman–Crippen MR) is 80.1 cm³/mol. The van der Waals surface area contributed by atoms with E-state index in [9.17, 15) is 5.11 Å². The molecule has 0 radical (unpaired) electrons. The standard InChI is InChI=1S/C14H21NO5.ClH/c1-18-10-2-3-12-13(15)4-11(20-14(12)5-10)8-19-7-9(17)6-16;/h2-3,5,9,11,13,16-17H,4,6-8,15H2,1H3;1H/t9?,11-,13-;/m1./s1. The van der Waals surface area contributed by atoms with E-state index in [1.807, 2.05) is 18.2 Å². The summed E-state index contributed by atoms with van der Waals surface area (Å²) in [7, 11) is 1.60. The maximum absolute atomic E-state index is 9.21. The van der Waals surface area contributed by atoms with Gasteiger partial charge < -0.3 is 30.2 Å². The number of aliphatic hydroxyl groups is 2. The Kier molecular flexibility index (Phi) is 7.21. The monoisotopic (exact) mass is 319 g/mol. The highest BCUT2D eigenvalue weighted by Gasteiger charge is 2.26. The quantitative estimate of drug-likeness (QED) is 0.712. The summed E-state index contributed by atoms with van der Waals surface area (Å²) in [4.78, 5) is 0. The average Bonchev–Trinajstić information content (AvgIpc) is 2.46. The van der Waals surface area contributed by atoms with Crippen molar-refractivity contribution in [2.45, 2.75) is 24.7 Å². The van der Waals surface area contributed by atoms with Crippen LogP contribution >= 0.6 is 12.4 Å². The lowest BCUT2D eigenvalue weighted by Gasteiger charge is -2.30. The van der Waals surface area contributed by atoms with Gasteiger partial charge in [-0.15, -0.1) is 12.4 Å². The molecule has 120 valence electrons. The lowest BCUT2D eigenvalue weighted by Crippen LogP contribution is -2.34. The maximum atomic E-state index is 9.21. The van der Waals surface area contributed by atoms with Gasteiger partial charge in [0.2, 0.25) is 0 Å². The van der Waals surface area contributed by atoms with Gasteiger partial charge >= 0.3 is 0 Å². The summed E-state index contributed by atoms with van der Waals surface area (Å²) in [5.74, 6) is 1.42. The zero-order valence-corrected chi connectivity index (χ0v) is 12.7. The largest absolute Gasteiger partial charge is 0.497 e. The summed E-state index contributed by atoms with van der Waals surface area (Å²) in [5, 5.41) is 17.9. The van der Waals surface area contributed by atoms with E-state index in [1.54, 1.807) is 7.11 Å². The number of ether oxygens (including phenoxy) is 3. The Labute approximate surface area is 130 Å². The molecule has 1 aliphatic heterocycles. The Hall–Kier alpha value is -1.05. The molecule has 1 aromatic rings. The van der Waals surface area contributed by atoms with Crippen LogP contribution in [0.15, 0.2) is 18.2 Å². The summed E-state index contributed by atoms with van der Waals surface area (Å²) in [6.07, 6.45) is -0.385. The molecule has 1 unspecified atom stereocenters. The van der Waals surface area contributed by atoms with Gasteiger partial charge in [-0.25, -0.2) is 0 Å². The van der Waals surface area contributed by atoms with Crippen LogP contribution in [0.5, 0.6) is 11.5 Å². The van der Waals surface area contributed by atoms with Gasteiger partial charge in [0.05, 0.1) is 26.9 Å². The highest BCUT2D eigenvalue weighted by molar-refractivity contribution is 5.85. The van der Waals surface area contributed by atoms with E-state index in [2.05, 4.69) is 0 Å². The second kappa shape index (κ2) is 8.41. The van der Waals surface area contributed by atoms with Crippen LogP contribution in [0, 0.1) is 0 Å². The molecule has 4 N–H and O–H groups in total. The maximum Gasteiger partial charge on any atom is 0.128 e. The fourth-order valence-corrected chi connectivity index (χ4v) is 2.18. The summed E-state index contributed by atoms with van der Waals surface area (Å²) in [6, 6.07) is 5.47. The molecule has 2 rings (SSSR count). The van der Waals surface area contributed by atoms with Crippen LogP contribution in [-0.4, -0.2) is 49.4 Å². The molecule has 21 heavy (non-hydrogen) atoms. The Morgan fingerprint density at radius 1 is 1.48 bits per heavy atom. The third-order valence-corrected chi connectivity index (χ3v) is 3.26. The van der Waals surface area contributed by atoms with Gasteiger partial charge in [0.15, 0.2) is 0 Å². The highest BCUT2D eigenvalue weighted by atomic mass is 35.5. The smallest absolute Gasteiger partial charge is 0.128 e. The molecule has 0 saturated carbocycles. The molecule has 0 aliphatic carbocycles. The third-order valence-electron chi connectivity index (χ3n) is 3.26. The molecule has 7 heteroatoms. The third kappa shape index (κ3) is 4.72. The van der Waals surface area contributed by atoms with E-state index in [1.165, 1.54) is 0 Å². The Morgan fingerprint density at radius 2 is 2.24 bits per heavy atom. The van der Waals surface area contributed by atoms with E-state index in [-0.39, 0.29) is 37.8 Å². The van der Waals surface area contributed by atoms with E-state index in [0.717, 1.165) is 5.56 Å². The van der Waals surface area contributed by atoms with Crippen molar-refractivity contribution in [2.24, 2.45) is 5.73 Å². The summed E-state index contributed by atoms with van der Waals surface area (Å²) < 4.78 is 16.3.